The van der Waals surface area contributed by atoms with Gasteiger partial charge in [0.2, 0.25) is 0 Å². The van der Waals surface area contributed by atoms with Crippen molar-refractivity contribution in [3.8, 4) is 0 Å². The van der Waals surface area contributed by atoms with Crippen molar-refractivity contribution in [3.63, 3.8) is 0 Å². The second kappa shape index (κ2) is 2.99. The Balaban J connectivity index is 2.38. The summed E-state index contributed by atoms with van der Waals surface area (Å²) >= 11 is 5.64. The number of rotatable bonds is 2. The molecule has 0 saturated heterocycles. The first-order valence-corrected chi connectivity index (χ1v) is 4.32. The van der Waals surface area contributed by atoms with E-state index in [1.807, 2.05) is 0 Å². The SMILES string of the molecule is OCc1cc(Cl)nnc1C1CC1. The third-order valence-electron chi connectivity index (χ3n) is 2.01. The lowest BCUT2D eigenvalue weighted by Gasteiger charge is -2.02. The van der Waals surface area contributed by atoms with Crippen LogP contribution in [-0.2, 0) is 6.61 Å². The Morgan fingerprint density at radius 3 is 2.83 bits per heavy atom. The average Bonchev–Trinajstić information content (AvgIpc) is 2.87. The van der Waals surface area contributed by atoms with E-state index in [1.54, 1.807) is 6.07 Å². The lowest BCUT2D eigenvalue weighted by atomic mass is 10.1. The van der Waals surface area contributed by atoms with Crippen molar-refractivity contribution < 1.29 is 5.11 Å². The number of hydrogen-bond donors (Lipinski definition) is 1. The Bertz CT molecular complexity index is 299. The Labute approximate surface area is 75.4 Å². The molecule has 3 nitrogen and oxygen atoms in total. The molecule has 4 heteroatoms. The van der Waals surface area contributed by atoms with Gasteiger partial charge in [-0.15, -0.1) is 5.10 Å². The third-order valence-corrected chi connectivity index (χ3v) is 2.19. The Hall–Kier alpha value is -0.670. The number of aromatic nitrogens is 2. The minimum Gasteiger partial charge on any atom is -0.392 e. The smallest absolute Gasteiger partial charge is 0.152 e. The predicted octanol–water partition coefficient (Wildman–Crippen LogP) is 1.50. The summed E-state index contributed by atoms with van der Waals surface area (Å²) in [6, 6.07) is 1.68. The quantitative estimate of drug-likeness (QED) is 0.758. The molecule has 64 valence electrons. The molecule has 1 aromatic rings. The fraction of sp³-hybridized carbons (Fsp3) is 0.500. The van der Waals surface area contributed by atoms with Crippen molar-refractivity contribution in [1.82, 2.24) is 10.2 Å². The fourth-order valence-electron chi connectivity index (χ4n) is 1.24. The van der Waals surface area contributed by atoms with Gasteiger partial charge in [0, 0.05) is 11.5 Å². The number of aliphatic hydroxyl groups is 1. The molecule has 0 atom stereocenters. The number of hydrogen-bond acceptors (Lipinski definition) is 3. The highest BCUT2D eigenvalue weighted by atomic mass is 35.5. The van der Waals surface area contributed by atoms with Crippen molar-refractivity contribution >= 4 is 11.6 Å². The summed E-state index contributed by atoms with van der Waals surface area (Å²) in [5.74, 6) is 0.511. The summed E-state index contributed by atoms with van der Waals surface area (Å²) in [4.78, 5) is 0. The Kier molecular flexibility index (Phi) is 1.98. The van der Waals surface area contributed by atoms with Crippen LogP contribution in [0.2, 0.25) is 5.15 Å². The molecule has 0 radical (unpaired) electrons. The molecule has 0 aromatic carbocycles. The zero-order valence-corrected chi connectivity index (χ0v) is 7.25. The van der Waals surface area contributed by atoms with E-state index in [9.17, 15) is 0 Å². The molecule has 0 spiro atoms. The van der Waals surface area contributed by atoms with E-state index < -0.39 is 0 Å². The number of halogens is 1. The maximum Gasteiger partial charge on any atom is 0.152 e. The second-order valence-electron chi connectivity index (χ2n) is 3.01. The third kappa shape index (κ3) is 1.42. The van der Waals surface area contributed by atoms with Gasteiger partial charge >= 0.3 is 0 Å². The highest BCUT2D eigenvalue weighted by Crippen LogP contribution is 2.40. The summed E-state index contributed by atoms with van der Waals surface area (Å²) < 4.78 is 0. The highest BCUT2D eigenvalue weighted by Gasteiger charge is 2.27. The van der Waals surface area contributed by atoms with Crippen LogP contribution >= 0.6 is 11.6 Å². The van der Waals surface area contributed by atoms with Crippen LogP contribution in [0.4, 0.5) is 0 Å². The molecule has 0 amide bonds. The minimum absolute atomic E-state index is 0.00106. The standard InChI is InChI=1S/C8H9ClN2O/c9-7-3-6(4-12)8(11-10-7)5-1-2-5/h3,5,12H,1-2,4H2. The van der Waals surface area contributed by atoms with E-state index in [1.165, 1.54) is 0 Å². The van der Waals surface area contributed by atoms with Gasteiger partial charge in [-0.3, -0.25) is 0 Å². The second-order valence-corrected chi connectivity index (χ2v) is 3.40. The van der Waals surface area contributed by atoms with Crippen molar-refractivity contribution in [1.29, 1.82) is 0 Å². The molecule has 1 heterocycles. The molecule has 0 bridgehead atoms. The zero-order valence-electron chi connectivity index (χ0n) is 6.50. The molecule has 2 rings (SSSR count). The van der Waals surface area contributed by atoms with Gasteiger partial charge in [0.1, 0.15) is 0 Å². The van der Waals surface area contributed by atoms with Crippen molar-refractivity contribution in [2.75, 3.05) is 0 Å². The van der Waals surface area contributed by atoms with Gasteiger partial charge < -0.3 is 5.11 Å². The Morgan fingerprint density at radius 1 is 1.50 bits per heavy atom. The first-order valence-electron chi connectivity index (χ1n) is 3.94. The van der Waals surface area contributed by atoms with E-state index >= 15 is 0 Å². The molecule has 0 unspecified atom stereocenters. The van der Waals surface area contributed by atoms with Crippen LogP contribution in [0.25, 0.3) is 0 Å². The summed E-state index contributed by atoms with van der Waals surface area (Å²) in [5, 5.41) is 17.1. The average molecular weight is 185 g/mol. The van der Waals surface area contributed by atoms with Gasteiger partial charge in [-0.1, -0.05) is 11.6 Å². The van der Waals surface area contributed by atoms with Crippen LogP contribution in [0.15, 0.2) is 6.07 Å². The maximum absolute atomic E-state index is 8.99. The summed E-state index contributed by atoms with van der Waals surface area (Å²) in [6.45, 7) is 0.00106. The monoisotopic (exact) mass is 184 g/mol. The maximum atomic E-state index is 8.99. The summed E-state index contributed by atoms with van der Waals surface area (Å²) in [5.41, 5.74) is 1.74. The normalized spacial score (nSPS) is 16.5. The molecule has 1 N–H and O–H groups in total. The van der Waals surface area contributed by atoms with Crippen LogP contribution in [0, 0.1) is 0 Å². The van der Waals surface area contributed by atoms with Crippen LogP contribution in [-0.4, -0.2) is 15.3 Å². The van der Waals surface area contributed by atoms with Crippen molar-refractivity contribution in [2.24, 2.45) is 0 Å². The van der Waals surface area contributed by atoms with Crippen LogP contribution in [0.5, 0.6) is 0 Å². The molecule has 1 aliphatic carbocycles. The van der Waals surface area contributed by atoms with Crippen LogP contribution in [0.1, 0.15) is 30.0 Å². The number of aliphatic hydroxyl groups excluding tert-OH is 1. The molecular formula is C8H9ClN2O. The van der Waals surface area contributed by atoms with Crippen molar-refractivity contribution in [2.45, 2.75) is 25.4 Å². The summed E-state index contributed by atoms with van der Waals surface area (Å²) in [7, 11) is 0. The molecule has 1 aliphatic rings. The predicted molar refractivity (Wildman–Crippen MR) is 44.9 cm³/mol. The fourth-order valence-corrected chi connectivity index (χ4v) is 1.41. The van der Waals surface area contributed by atoms with Crippen LogP contribution < -0.4 is 0 Å². The lowest BCUT2D eigenvalue weighted by molar-refractivity contribution is 0.279. The lowest BCUT2D eigenvalue weighted by Crippen LogP contribution is -1.98. The molecule has 12 heavy (non-hydrogen) atoms. The molecule has 0 aliphatic heterocycles. The van der Waals surface area contributed by atoms with Crippen LogP contribution in [0.3, 0.4) is 0 Å². The number of nitrogens with zero attached hydrogens (tertiary/aromatic N) is 2. The first kappa shape index (κ1) is 7.95. The van der Waals surface area contributed by atoms with Gasteiger partial charge in [-0.25, -0.2) is 0 Å². The molecule has 1 fully saturated rings. The van der Waals surface area contributed by atoms with E-state index in [0.717, 1.165) is 24.1 Å². The molecular weight excluding hydrogens is 176 g/mol. The summed E-state index contributed by atoms with van der Waals surface area (Å²) in [6.07, 6.45) is 2.31. The van der Waals surface area contributed by atoms with Gasteiger partial charge in [-0.05, 0) is 18.9 Å². The topological polar surface area (TPSA) is 46.0 Å². The van der Waals surface area contributed by atoms with E-state index in [2.05, 4.69) is 10.2 Å². The van der Waals surface area contributed by atoms with Gasteiger partial charge in [0.05, 0.1) is 12.3 Å². The van der Waals surface area contributed by atoms with Gasteiger partial charge in [0.15, 0.2) is 5.15 Å². The largest absolute Gasteiger partial charge is 0.392 e. The highest BCUT2D eigenvalue weighted by molar-refractivity contribution is 6.29. The minimum atomic E-state index is 0.00106. The van der Waals surface area contributed by atoms with Gasteiger partial charge in [0.25, 0.3) is 0 Å². The van der Waals surface area contributed by atoms with E-state index in [0.29, 0.717) is 11.1 Å². The van der Waals surface area contributed by atoms with Gasteiger partial charge in [-0.2, -0.15) is 5.10 Å². The van der Waals surface area contributed by atoms with Crippen molar-refractivity contribution in [3.05, 3.63) is 22.5 Å². The zero-order chi connectivity index (χ0) is 8.55. The first-order chi connectivity index (χ1) is 5.81. The molecule has 1 aromatic heterocycles. The van der Waals surface area contributed by atoms with E-state index in [4.69, 9.17) is 16.7 Å². The van der Waals surface area contributed by atoms with E-state index in [-0.39, 0.29) is 6.61 Å². The molecule has 1 saturated carbocycles. The Morgan fingerprint density at radius 2 is 2.25 bits per heavy atom.